The summed E-state index contributed by atoms with van der Waals surface area (Å²) in [5.41, 5.74) is 11.9. The number of aliphatic carboxylic acids is 2. The Labute approximate surface area is 532 Å². The van der Waals surface area contributed by atoms with Crippen LogP contribution >= 0.6 is 23.5 Å². The molecule has 10 rings (SSSR count). The number of allylic oxidation sites excluding steroid dienone is 2. The van der Waals surface area contributed by atoms with Crippen LogP contribution in [0.4, 0.5) is 5.69 Å². The van der Waals surface area contributed by atoms with Gasteiger partial charge in [0, 0.05) is 22.4 Å². The van der Waals surface area contributed by atoms with Gasteiger partial charge >= 0.3 is 39.0 Å². The number of aromatic nitrogens is 2. The number of thioether (sulfide) groups is 2. The predicted octanol–water partition coefficient (Wildman–Crippen LogP) is 15.4. The molecular weight excluding hydrogens is 1180 g/mol. The SMILES string of the molecule is CC1=N/C(=C\c2[n-]c(SCC(=O)O)c(C#N)c2-c2ccccc2)C(c2ccccc2)=C1COOC1C(C)CC(C)CC1C.[C-]#[N+]c1c(SCC(=O)O)[n-]c(/C=C2\N=C(C)C(C(=O)OC3C(C)CC(C)CC3C)=C2c2ccccc2)c1-c1ccccc1.[O]=[V+2]. The molecular formula is C70H70N6O9S2V. The van der Waals surface area contributed by atoms with Crippen molar-refractivity contribution in [1.29, 1.82) is 5.26 Å². The van der Waals surface area contributed by atoms with Gasteiger partial charge in [-0.15, -0.1) is 23.1 Å². The first-order valence-corrected chi connectivity index (χ1v) is 31.8. The van der Waals surface area contributed by atoms with E-state index < -0.39 is 11.9 Å². The minimum absolute atomic E-state index is 0.0405. The number of nitriles is 1. The van der Waals surface area contributed by atoms with Gasteiger partial charge in [-0.05, 0) is 114 Å². The number of aliphatic imine (C=N–C) groups is 2. The number of carbonyl (C=O) groups excluding carboxylic acids is 1. The van der Waals surface area contributed by atoms with Crippen LogP contribution in [0.15, 0.2) is 164 Å². The van der Waals surface area contributed by atoms with Gasteiger partial charge in [-0.25, -0.2) is 19.4 Å². The second kappa shape index (κ2) is 30.9. The third-order valence-electron chi connectivity index (χ3n) is 16.2. The Kier molecular flexibility index (Phi) is 23.2. The molecule has 0 saturated heterocycles. The molecule has 6 aromatic rings. The van der Waals surface area contributed by atoms with E-state index in [9.17, 15) is 29.9 Å². The maximum absolute atomic E-state index is 13.9. The normalized spacial score (nSPS) is 22.4. The standard InChI is InChI=1S/C35H35N3O4S.C35H37N3O4S.O.V/c1-20-16-21(2)33(22(3)17-20)42-35(41)29-23(4)37-26(30(29)24-12-8-6-9-13-24)18-27-31(25-14-10-7-11-15-25)32(36-5)34(38-27)43-19-28(39)40;1-21-15-22(2)34(23(3)16-21)42-41-19-28-24(4)37-29(33(28)26-13-9-6-10-14-26)17-30-32(25-11-7-5-8-12-25)27(18-36)35(38-30)43-20-31(39)40;;/h6-15,18,20-22,33H,16-17,19H2,1-4H3,(H2,37,38,39,40,41);5-14,17,21-23,34,36H,15-16,19-20H2,1-4H3,(H,39,40);;/q;;;+2/p-2/b;29-17-;;. The van der Waals surface area contributed by atoms with Gasteiger partial charge in [0.25, 0.3) is 0 Å². The number of rotatable bonds is 18. The molecule has 4 atom stereocenters. The fourth-order valence-corrected chi connectivity index (χ4v) is 14.1. The van der Waals surface area contributed by atoms with Crippen molar-refractivity contribution >= 4 is 81.8 Å². The molecule has 4 aliphatic rings. The zero-order valence-corrected chi connectivity index (χ0v) is 53.5. The molecule has 88 heavy (non-hydrogen) atoms. The van der Waals surface area contributed by atoms with Crippen LogP contribution in [0.1, 0.15) is 109 Å². The molecule has 2 fully saturated rings. The van der Waals surface area contributed by atoms with Crippen molar-refractivity contribution in [3.05, 3.63) is 183 Å². The Bertz CT molecular complexity index is 3760. The molecule has 4 aromatic carbocycles. The van der Waals surface area contributed by atoms with Gasteiger partial charge in [0.15, 0.2) is 5.69 Å². The van der Waals surface area contributed by atoms with Crippen molar-refractivity contribution in [2.45, 2.75) is 103 Å². The van der Waals surface area contributed by atoms with Gasteiger partial charge in [-0.3, -0.25) is 19.6 Å². The van der Waals surface area contributed by atoms with Crippen LogP contribution in [0.3, 0.4) is 0 Å². The van der Waals surface area contributed by atoms with Crippen molar-refractivity contribution in [1.82, 2.24) is 9.97 Å². The first kappa shape index (κ1) is 66.1. The third kappa shape index (κ3) is 15.7. The fourth-order valence-electron chi connectivity index (χ4n) is 12.7. The average Bonchev–Trinajstić information content (AvgIpc) is 3.86. The summed E-state index contributed by atoms with van der Waals surface area (Å²) in [6.07, 6.45) is 7.82. The molecule has 2 aromatic heterocycles. The molecule has 4 unspecified atom stereocenters. The van der Waals surface area contributed by atoms with E-state index in [2.05, 4.69) is 52.5 Å². The summed E-state index contributed by atoms with van der Waals surface area (Å²) in [4.78, 5) is 71.7. The molecule has 2 aliphatic heterocycles. The Hall–Kier alpha value is -7.87. The Morgan fingerprint density at radius 1 is 0.636 bits per heavy atom. The maximum atomic E-state index is 13.9. The van der Waals surface area contributed by atoms with Crippen molar-refractivity contribution < 1.29 is 60.2 Å². The summed E-state index contributed by atoms with van der Waals surface area (Å²) in [7, 11) is 0. The minimum atomic E-state index is -0.991. The summed E-state index contributed by atoms with van der Waals surface area (Å²) in [6.45, 7) is 25.2. The van der Waals surface area contributed by atoms with Gasteiger partial charge < -0.3 is 24.9 Å². The van der Waals surface area contributed by atoms with Crippen LogP contribution in [0.25, 0.3) is 50.4 Å². The molecule has 2 aliphatic carbocycles. The van der Waals surface area contributed by atoms with Gasteiger partial charge in [0.1, 0.15) is 12.7 Å². The predicted molar refractivity (Wildman–Crippen MR) is 342 cm³/mol. The zero-order valence-electron chi connectivity index (χ0n) is 50.5. The van der Waals surface area contributed by atoms with Crippen LogP contribution in [0, 0.1) is 53.4 Å². The van der Waals surface area contributed by atoms with Crippen LogP contribution in [-0.4, -0.2) is 69.9 Å². The number of carbonyl (C=O) groups is 3. The topological polar surface area (TPSA) is 217 Å². The number of hydrogen-bond donors (Lipinski definition) is 2. The zero-order chi connectivity index (χ0) is 63.2. The van der Waals surface area contributed by atoms with E-state index in [1.807, 2.05) is 141 Å². The summed E-state index contributed by atoms with van der Waals surface area (Å²) < 4.78 is 14.4. The Morgan fingerprint density at radius 3 is 1.55 bits per heavy atom. The molecule has 0 amide bonds. The number of carboxylic acid groups (broad SMARTS) is 2. The van der Waals surface area contributed by atoms with Crippen molar-refractivity contribution in [2.75, 3.05) is 18.1 Å². The van der Waals surface area contributed by atoms with Gasteiger partial charge in [-0.1, -0.05) is 179 Å². The molecule has 0 radical (unpaired) electrons. The molecule has 2 N–H and O–H groups in total. The summed E-state index contributed by atoms with van der Waals surface area (Å²) >= 11 is 3.12. The molecule has 2 saturated carbocycles. The average molecular weight is 1250 g/mol. The number of ether oxygens (including phenoxy) is 1. The van der Waals surface area contributed by atoms with E-state index in [-0.39, 0.29) is 48.1 Å². The van der Waals surface area contributed by atoms with Gasteiger partial charge in [0.05, 0.1) is 58.5 Å². The van der Waals surface area contributed by atoms with Crippen molar-refractivity contribution in [2.24, 2.45) is 45.5 Å². The second-order valence-corrected chi connectivity index (χ2v) is 24.9. The molecule has 451 valence electrons. The van der Waals surface area contributed by atoms with E-state index in [4.69, 9.17) is 44.7 Å². The number of nitrogens with zero attached hydrogens (tertiary/aromatic N) is 6. The number of benzene rings is 4. The number of esters is 1. The molecule has 15 nitrogen and oxygen atoms in total. The Balaban J connectivity index is 0.000000222. The monoisotopic (exact) mass is 1250 g/mol. The molecule has 0 bridgehead atoms. The van der Waals surface area contributed by atoms with E-state index in [0.29, 0.717) is 95.7 Å². The van der Waals surface area contributed by atoms with Crippen molar-refractivity contribution in [3.8, 4) is 28.3 Å². The Morgan fingerprint density at radius 2 is 1.06 bits per heavy atom. The molecule has 0 spiro atoms. The van der Waals surface area contributed by atoms with E-state index in [0.717, 1.165) is 106 Å². The third-order valence-corrected chi connectivity index (χ3v) is 18.1. The summed E-state index contributed by atoms with van der Waals surface area (Å²) in [5, 5.41) is 29.4. The van der Waals surface area contributed by atoms with Crippen LogP contribution in [-0.2, 0) is 49.9 Å². The fraction of sp³-hybridized carbons (Fsp3) is 0.329. The van der Waals surface area contributed by atoms with E-state index in [1.165, 1.54) is 0 Å². The van der Waals surface area contributed by atoms with Crippen LogP contribution in [0.2, 0.25) is 0 Å². The molecule has 18 heteroatoms. The molecule has 4 heterocycles. The second-order valence-electron chi connectivity index (χ2n) is 22.9. The van der Waals surface area contributed by atoms with Gasteiger partial charge in [0.2, 0.25) is 0 Å². The number of carboxylic acids is 2. The first-order chi connectivity index (χ1) is 42.4. The number of hydrogen-bond acceptors (Lipinski definition) is 12. The summed E-state index contributed by atoms with van der Waals surface area (Å²) in [6, 6.07) is 40.9. The van der Waals surface area contributed by atoms with Crippen LogP contribution < -0.4 is 9.97 Å². The van der Waals surface area contributed by atoms with E-state index in [1.54, 1.807) is 6.08 Å². The van der Waals surface area contributed by atoms with Gasteiger partial charge in [-0.2, -0.15) is 17.0 Å². The summed E-state index contributed by atoms with van der Waals surface area (Å²) in [5.74, 6) is -0.140. The van der Waals surface area contributed by atoms with Crippen LogP contribution in [0.5, 0.6) is 0 Å². The quantitative estimate of drug-likeness (QED) is 0.0269. The van der Waals surface area contributed by atoms with Crippen molar-refractivity contribution in [3.63, 3.8) is 0 Å². The van der Waals surface area contributed by atoms with E-state index >= 15 is 0 Å². The first-order valence-electron chi connectivity index (χ1n) is 29.2.